The highest BCUT2D eigenvalue weighted by Crippen LogP contribution is 2.12. The fourth-order valence-corrected chi connectivity index (χ4v) is 2.09. The summed E-state index contributed by atoms with van der Waals surface area (Å²) in [7, 11) is 2.04. The van der Waals surface area contributed by atoms with Crippen LogP contribution in [0.15, 0.2) is 29.4 Å². The average molecular weight is 314 g/mol. The van der Waals surface area contributed by atoms with Gasteiger partial charge < -0.3 is 26.7 Å². The summed E-state index contributed by atoms with van der Waals surface area (Å²) >= 11 is 0. The Morgan fingerprint density at radius 1 is 1.43 bits per heavy atom. The zero-order valence-electron chi connectivity index (χ0n) is 12.0. The topological polar surface area (TPSA) is 70.9 Å². The molecule has 2 N–H and O–H groups in total. The van der Waals surface area contributed by atoms with Gasteiger partial charge >= 0.3 is 0 Å². The Morgan fingerprint density at radius 3 is 2.76 bits per heavy atom. The van der Waals surface area contributed by atoms with Gasteiger partial charge in [0.15, 0.2) is 6.54 Å². The lowest BCUT2D eigenvalue weighted by atomic mass is 10.2. The molecule has 0 unspecified atom stereocenters. The fraction of sp³-hybridized carbons (Fsp3) is 0.429. The summed E-state index contributed by atoms with van der Waals surface area (Å²) in [6.45, 7) is 3.41. The van der Waals surface area contributed by atoms with E-state index in [1.165, 1.54) is 6.21 Å². The Hall–Kier alpha value is -1.63. The number of para-hydroxylation sites is 1. The Morgan fingerprint density at radius 2 is 2.10 bits per heavy atom. The van der Waals surface area contributed by atoms with Crippen molar-refractivity contribution >= 4 is 12.1 Å². The van der Waals surface area contributed by atoms with Crippen molar-refractivity contribution in [1.82, 2.24) is 5.43 Å². The van der Waals surface area contributed by atoms with Crippen molar-refractivity contribution in [3.63, 3.8) is 0 Å². The second kappa shape index (κ2) is 7.97. The predicted molar refractivity (Wildman–Crippen MR) is 75.4 cm³/mol. The van der Waals surface area contributed by atoms with Gasteiger partial charge in [-0.3, -0.25) is 4.79 Å². The molecule has 21 heavy (non-hydrogen) atoms. The van der Waals surface area contributed by atoms with Crippen LogP contribution in [0.1, 0.15) is 5.56 Å². The molecule has 0 saturated carbocycles. The van der Waals surface area contributed by atoms with E-state index in [1.807, 2.05) is 7.05 Å². The quantitative estimate of drug-likeness (QED) is 0.362. The van der Waals surface area contributed by atoms with Crippen LogP contribution in [-0.2, 0) is 9.53 Å². The molecule has 7 heteroatoms. The molecule has 1 aromatic rings. The molecule has 1 saturated heterocycles. The number of likely N-dealkylation sites (N-methyl/N-ethyl adjacent to an activating group) is 1. The number of quaternary nitrogens is 1. The van der Waals surface area contributed by atoms with Gasteiger partial charge in [0.2, 0.25) is 0 Å². The van der Waals surface area contributed by atoms with Gasteiger partial charge in [-0.1, -0.05) is 12.1 Å². The van der Waals surface area contributed by atoms with Gasteiger partial charge in [0.1, 0.15) is 18.8 Å². The number of rotatable bonds is 4. The minimum atomic E-state index is -0.138. The number of phenols is 1. The maximum atomic E-state index is 11.8. The van der Waals surface area contributed by atoms with Crippen molar-refractivity contribution in [2.75, 3.05) is 39.9 Å². The van der Waals surface area contributed by atoms with Gasteiger partial charge in [0.25, 0.3) is 5.91 Å². The molecule has 1 heterocycles. The second-order valence-corrected chi connectivity index (χ2v) is 5.19. The summed E-state index contributed by atoms with van der Waals surface area (Å²) in [6, 6.07) is 6.82. The number of phenolic OH excluding ortho intramolecular Hbond substituents is 1. The smallest absolute Gasteiger partial charge is 0.295 e. The van der Waals surface area contributed by atoms with Crippen molar-refractivity contribution in [3.05, 3.63) is 29.8 Å². The number of carbonyl (C=O) groups excluding carboxylic acids is 1. The summed E-state index contributed by atoms with van der Waals surface area (Å²) in [6.07, 6.45) is 1.44. The number of halogens is 1. The van der Waals surface area contributed by atoms with Gasteiger partial charge in [-0.05, 0) is 12.1 Å². The highest BCUT2D eigenvalue weighted by molar-refractivity contribution is 5.85. The zero-order chi connectivity index (χ0) is 14.4. The van der Waals surface area contributed by atoms with Crippen LogP contribution in [0.25, 0.3) is 0 Å². The molecule has 0 radical (unpaired) electrons. The molecule has 1 fully saturated rings. The molecule has 0 bridgehead atoms. The molecule has 1 amide bonds. The van der Waals surface area contributed by atoms with Crippen LogP contribution < -0.4 is 17.8 Å². The third-order valence-corrected chi connectivity index (χ3v) is 3.41. The molecule has 0 aliphatic carbocycles. The molecule has 116 valence electrons. The number of hydrogen-bond acceptors (Lipinski definition) is 4. The summed E-state index contributed by atoms with van der Waals surface area (Å²) in [5.74, 6) is -0.00116. The number of hydrazone groups is 1. The van der Waals surface area contributed by atoms with E-state index in [4.69, 9.17) is 4.74 Å². The van der Waals surface area contributed by atoms with Gasteiger partial charge in [-0.25, -0.2) is 5.43 Å². The lowest BCUT2D eigenvalue weighted by Gasteiger charge is -2.36. The van der Waals surface area contributed by atoms with Crippen molar-refractivity contribution in [3.8, 4) is 5.75 Å². The molecule has 0 atom stereocenters. The molecule has 6 nitrogen and oxygen atoms in total. The predicted octanol–water partition coefficient (Wildman–Crippen LogP) is -2.68. The van der Waals surface area contributed by atoms with Crippen LogP contribution in [0, 0.1) is 0 Å². The SMILES string of the molecule is C[N+]1(CC(=O)N/N=C/c2ccccc2O)CCOCC1.[Cl-]. The number of amides is 1. The van der Waals surface area contributed by atoms with E-state index in [1.54, 1.807) is 24.3 Å². The molecule has 1 aliphatic rings. The van der Waals surface area contributed by atoms with E-state index in [9.17, 15) is 9.90 Å². The summed E-state index contributed by atoms with van der Waals surface area (Å²) in [5.41, 5.74) is 3.06. The van der Waals surface area contributed by atoms with E-state index in [0.717, 1.165) is 13.1 Å². The molecule has 2 rings (SSSR count). The molecule has 1 aromatic carbocycles. The first-order valence-electron chi connectivity index (χ1n) is 6.60. The normalized spacial score (nSPS) is 17.2. The number of morpholine rings is 1. The third kappa shape index (κ3) is 5.34. The van der Waals surface area contributed by atoms with Crippen LogP contribution >= 0.6 is 0 Å². The molecule has 0 aromatic heterocycles. The van der Waals surface area contributed by atoms with Gasteiger partial charge in [-0.15, -0.1) is 0 Å². The minimum Gasteiger partial charge on any atom is -1.00 e. The van der Waals surface area contributed by atoms with Gasteiger partial charge in [0, 0.05) is 5.56 Å². The van der Waals surface area contributed by atoms with E-state index in [-0.39, 0.29) is 24.1 Å². The van der Waals surface area contributed by atoms with Crippen LogP contribution in [0.5, 0.6) is 5.75 Å². The molecule has 1 aliphatic heterocycles. The summed E-state index contributed by atoms with van der Waals surface area (Å²) < 4.78 is 5.96. The first-order chi connectivity index (χ1) is 9.59. The van der Waals surface area contributed by atoms with Crippen molar-refractivity contribution in [2.45, 2.75) is 0 Å². The highest BCUT2D eigenvalue weighted by Gasteiger charge is 2.27. The largest absolute Gasteiger partial charge is 1.00 e. The number of hydrogen-bond donors (Lipinski definition) is 2. The van der Waals surface area contributed by atoms with Crippen molar-refractivity contribution < 1.29 is 31.5 Å². The number of ether oxygens (including phenoxy) is 1. The molecule has 0 spiro atoms. The lowest BCUT2D eigenvalue weighted by Crippen LogP contribution is -3.00. The van der Waals surface area contributed by atoms with E-state index >= 15 is 0 Å². The van der Waals surface area contributed by atoms with Gasteiger partial charge in [-0.2, -0.15) is 5.10 Å². The average Bonchev–Trinajstić information content (AvgIpc) is 2.41. The Kier molecular flexibility index (Phi) is 6.61. The van der Waals surface area contributed by atoms with Crippen LogP contribution in [0.4, 0.5) is 0 Å². The maximum Gasteiger partial charge on any atom is 0.295 e. The Balaban J connectivity index is 0.00000220. The number of benzene rings is 1. The summed E-state index contributed by atoms with van der Waals surface area (Å²) in [4.78, 5) is 11.8. The van der Waals surface area contributed by atoms with Crippen LogP contribution in [-0.4, -0.2) is 61.6 Å². The molecular formula is C14H20ClN3O3. The number of aromatic hydroxyl groups is 1. The van der Waals surface area contributed by atoms with E-state index < -0.39 is 0 Å². The fourth-order valence-electron chi connectivity index (χ4n) is 2.09. The van der Waals surface area contributed by atoms with Gasteiger partial charge in [0.05, 0.1) is 26.5 Å². The number of nitrogens with zero attached hydrogens (tertiary/aromatic N) is 2. The standard InChI is InChI=1S/C14H19N3O3.ClH/c1-17(6-8-20-9-7-17)11-14(19)16-15-10-12-4-2-3-5-13(12)18;/h2-5,10H,6-9,11H2,1H3,(H-,15,16,18,19);1H. The Bertz CT molecular complexity index is 502. The molecular weight excluding hydrogens is 294 g/mol. The van der Waals surface area contributed by atoms with E-state index in [2.05, 4.69) is 10.5 Å². The number of nitrogens with one attached hydrogen (secondary N) is 1. The lowest BCUT2D eigenvalue weighted by molar-refractivity contribution is -0.909. The van der Waals surface area contributed by atoms with E-state index in [0.29, 0.717) is 29.8 Å². The van der Waals surface area contributed by atoms with Crippen molar-refractivity contribution in [1.29, 1.82) is 0 Å². The monoisotopic (exact) mass is 313 g/mol. The zero-order valence-corrected chi connectivity index (χ0v) is 12.7. The first kappa shape index (κ1) is 17.4. The van der Waals surface area contributed by atoms with Crippen molar-refractivity contribution in [2.24, 2.45) is 5.10 Å². The number of carbonyl (C=O) groups is 1. The third-order valence-electron chi connectivity index (χ3n) is 3.41. The second-order valence-electron chi connectivity index (χ2n) is 5.19. The van der Waals surface area contributed by atoms with Crippen LogP contribution in [0.3, 0.4) is 0 Å². The first-order valence-corrected chi connectivity index (χ1v) is 6.60. The summed E-state index contributed by atoms with van der Waals surface area (Å²) in [5, 5.41) is 13.4. The minimum absolute atomic E-state index is 0. The highest BCUT2D eigenvalue weighted by atomic mass is 35.5. The Labute approximate surface area is 130 Å². The van der Waals surface area contributed by atoms with Crippen LogP contribution in [0.2, 0.25) is 0 Å². The maximum absolute atomic E-state index is 11.8.